The van der Waals surface area contributed by atoms with Crippen LogP contribution in [0.1, 0.15) is 37.5 Å². The van der Waals surface area contributed by atoms with Crippen LogP contribution < -0.4 is 19.9 Å². The van der Waals surface area contributed by atoms with Crippen molar-refractivity contribution in [2.75, 3.05) is 35.4 Å². The van der Waals surface area contributed by atoms with E-state index in [4.69, 9.17) is 14.2 Å². The van der Waals surface area contributed by atoms with Crippen molar-refractivity contribution in [2.45, 2.75) is 45.9 Å². The van der Waals surface area contributed by atoms with Crippen LogP contribution in [0, 0.1) is 0 Å². The van der Waals surface area contributed by atoms with E-state index in [1.165, 1.54) is 6.33 Å². The van der Waals surface area contributed by atoms with Crippen LogP contribution in [0.5, 0.6) is 5.75 Å². The molecule has 0 saturated carbocycles. The Balaban J connectivity index is 1.50. The lowest BCUT2D eigenvalue weighted by molar-refractivity contribution is -0.116. The van der Waals surface area contributed by atoms with Crippen molar-refractivity contribution in [2.24, 2.45) is 0 Å². The number of hydrogen-bond acceptors (Lipinski definition) is 8. The summed E-state index contributed by atoms with van der Waals surface area (Å²) in [6.45, 7) is 7.21. The molecule has 1 N–H and O–H groups in total. The first-order valence-electron chi connectivity index (χ1n) is 14.5. The van der Waals surface area contributed by atoms with Gasteiger partial charge in [-0.3, -0.25) is 15.0 Å². The average Bonchev–Trinajstić information content (AvgIpc) is 3.33. The molecule has 0 radical (unpaired) electrons. The maximum Gasteiger partial charge on any atom is 0.412 e. The molecule has 1 aliphatic heterocycles. The molecule has 0 unspecified atom stereocenters. The van der Waals surface area contributed by atoms with Crippen molar-refractivity contribution in [1.82, 2.24) is 9.97 Å². The molecule has 10 nitrogen and oxygen atoms in total. The first-order chi connectivity index (χ1) is 21.2. The van der Waals surface area contributed by atoms with Crippen molar-refractivity contribution in [3.05, 3.63) is 102 Å². The molecule has 228 valence electrons. The van der Waals surface area contributed by atoms with E-state index in [-0.39, 0.29) is 18.9 Å². The number of methoxy groups -OCH3 is 1. The van der Waals surface area contributed by atoms with Gasteiger partial charge in [-0.1, -0.05) is 60.7 Å². The Morgan fingerprint density at radius 3 is 2.20 bits per heavy atom. The van der Waals surface area contributed by atoms with E-state index in [2.05, 4.69) is 44.5 Å². The number of anilines is 4. The van der Waals surface area contributed by atoms with E-state index in [9.17, 15) is 9.59 Å². The Kier molecular flexibility index (Phi) is 9.40. The van der Waals surface area contributed by atoms with Crippen LogP contribution in [-0.4, -0.2) is 47.9 Å². The van der Waals surface area contributed by atoms with E-state index in [1.54, 1.807) is 51.0 Å². The lowest BCUT2D eigenvalue weighted by Crippen LogP contribution is -2.27. The van der Waals surface area contributed by atoms with Crippen LogP contribution in [0.15, 0.2) is 85.2 Å². The van der Waals surface area contributed by atoms with Gasteiger partial charge >= 0.3 is 6.09 Å². The minimum absolute atomic E-state index is 0.131. The van der Waals surface area contributed by atoms with Crippen molar-refractivity contribution < 1.29 is 23.8 Å². The number of carbonyl (C=O) groups excluding carboxylic acids is 2. The minimum atomic E-state index is -0.693. The lowest BCUT2D eigenvalue weighted by atomic mass is 10.1. The zero-order valence-corrected chi connectivity index (χ0v) is 25.4. The van der Waals surface area contributed by atoms with Gasteiger partial charge in [0.15, 0.2) is 0 Å². The van der Waals surface area contributed by atoms with Crippen LogP contribution in [0.3, 0.4) is 0 Å². The van der Waals surface area contributed by atoms with Crippen molar-refractivity contribution >= 4 is 35.0 Å². The fraction of sp³-hybridized carbons (Fsp3) is 0.294. The Morgan fingerprint density at radius 2 is 1.59 bits per heavy atom. The molecule has 0 atom stereocenters. The van der Waals surface area contributed by atoms with Gasteiger partial charge in [-0.15, -0.1) is 0 Å². The van der Waals surface area contributed by atoms with Gasteiger partial charge in [0, 0.05) is 25.8 Å². The number of amides is 2. The Labute approximate surface area is 257 Å². The van der Waals surface area contributed by atoms with Gasteiger partial charge in [0.1, 0.15) is 35.9 Å². The average molecular weight is 596 g/mol. The second-order valence-corrected chi connectivity index (χ2v) is 11.4. The van der Waals surface area contributed by atoms with Crippen molar-refractivity contribution in [3.63, 3.8) is 0 Å². The summed E-state index contributed by atoms with van der Waals surface area (Å²) >= 11 is 0. The van der Waals surface area contributed by atoms with Gasteiger partial charge < -0.3 is 19.1 Å². The van der Waals surface area contributed by atoms with E-state index in [0.29, 0.717) is 48.5 Å². The van der Waals surface area contributed by atoms with Gasteiger partial charge in [-0.05, 0) is 50.1 Å². The minimum Gasteiger partial charge on any atom is -0.489 e. The van der Waals surface area contributed by atoms with E-state index in [1.807, 2.05) is 36.4 Å². The summed E-state index contributed by atoms with van der Waals surface area (Å²) < 4.78 is 16.4. The topological polar surface area (TPSA) is 106 Å². The van der Waals surface area contributed by atoms with Gasteiger partial charge in [-0.2, -0.15) is 0 Å². The third kappa shape index (κ3) is 7.51. The second kappa shape index (κ2) is 13.6. The van der Waals surface area contributed by atoms with Gasteiger partial charge in [0.25, 0.3) is 0 Å². The summed E-state index contributed by atoms with van der Waals surface area (Å²) in [5.41, 5.74) is 3.19. The molecule has 5 rings (SSSR count). The first-order valence-corrected chi connectivity index (χ1v) is 14.5. The number of rotatable bonds is 11. The molecule has 0 fully saturated rings. The maximum absolute atomic E-state index is 13.6. The smallest absolute Gasteiger partial charge is 0.412 e. The quantitative estimate of drug-likeness (QED) is 0.202. The molecule has 0 aliphatic carbocycles. The fourth-order valence-corrected chi connectivity index (χ4v) is 4.97. The predicted molar refractivity (Wildman–Crippen MR) is 169 cm³/mol. The van der Waals surface area contributed by atoms with E-state index in [0.717, 1.165) is 16.7 Å². The Hall–Kier alpha value is -4.96. The third-order valence-electron chi connectivity index (χ3n) is 6.82. The van der Waals surface area contributed by atoms with Crippen molar-refractivity contribution in [3.8, 4) is 5.75 Å². The zero-order chi connectivity index (χ0) is 31.1. The molecule has 0 bridgehead atoms. The van der Waals surface area contributed by atoms with Gasteiger partial charge in [-0.25, -0.2) is 14.8 Å². The number of benzene rings is 3. The second-order valence-electron chi connectivity index (χ2n) is 11.4. The molecule has 44 heavy (non-hydrogen) atoms. The monoisotopic (exact) mass is 595 g/mol. The standard InChI is InChI=1S/C34H37N5O5/c1-34(2,3)44-33(41)37-28-19-26(15-16-29(28)43-18-17-42-4)39-30(40)20-27-31(35-23-36-32(27)39)38(21-24-11-7-5-8-12-24)22-25-13-9-6-10-14-25/h5-16,19,23H,17-18,20-22H2,1-4H3,(H,37,41). The molecule has 3 aromatic carbocycles. The summed E-state index contributed by atoms with van der Waals surface area (Å²) in [5.74, 6) is 1.47. The number of aromatic nitrogens is 2. The molecule has 1 aliphatic rings. The number of carbonyl (C=O) groups is 2. The molecule has 0 spiro atoms. The summed E-state index contributed by atoms with van der Waals surface area (Å²) in [5, 5.41) is 2.77. The van der Waals surface area contributed by atoms with Crippen LogP contribution in [-0.2, 0) is 33.8 Å². The van der Waals surface area contributed by atoms with Gasteiger partial charge in [0.2, 0.25) is 5.91 Å². The normalized spacial score (nSPS) is 12.5. The number of nitrogens with zero attached hydrogens (tertiary/aromatic N) is 4. The largest absolute Gasteiger partial charge is 0.489 e. The highest BCUT2D eigenvalue weighted by molar-refractivity contribution is 6.08. The van der Waals surface area contributed by atoms with E-state index < -0.39 is 11.7 Å². The summed E-state index contributed by atoms with van der Waals surface area (Å²) in [6.07, 6.45) is 0.985. The molecular weight excluding hydrogens is 558 g/mol. The SMILES string of the molecule is COCCOc1ccc(N2C(=O)Cc3c(N(Cc4ccccc4)Cc4ccccc4)ncnc32)cc1NC(=O)OC(C)(C)C. The fourth-order valence-electron chi connectivity index (χ4n) is 4.97. The summed E-state index contributed by atoms with van der Waals surface area (Å²) in [6, 6.07) is 25.5. The number of ether oxygens (including phenoxy) is 3. The molecule has 10 heteroatoms. The highest BCUT2D eigenvalue weighted by atomic mass is 16.6. The maximum atomic E-state index is 13.6. The van der Waals surface area contributed by atoms with Crippen LogP contribution >= 0.6 is 0 Å². The third-order valence-corrected chi connectivity index (χ3v) is 6.82. The van der Waals surface area contributed by atoms with Gasteiger partial charge in [0.05, 0.1) is 24.4 Å². The molecule has 1 aromatic heterocycles. The van der Waals surface area contributed by atoms with Crippen molar-refractivity contribution in [1.29, 1.82) is 0 Å². The van der Waals surface area contributed by atoms with Crippen LogP contribution in [0.2, 0.25) is 0 Å². The molecular formula is C34H37N5O5. The first kappa shape index (κ1) is 30.5. The molecule has 0 saturated heterocycles. The predicted octanol–water partition coefficient (Wildman–Crippen LogP) is 6.28. The number of nitrogens with one attached hydrogen (secondary N) is 1. The number of hydrogen-bond donors (Lipinski definition) is 1. The highest BCUT2D eigenvalue weighted by Crippen LogP contribution is 2.41. The summed E-state index contributed by atoms with van der Waals surface area (Å²) in [7, 11) is 1.58. The zero-order valence-electron chi connectivity index (χ0n) is 25.4. The number of fused-ring (bicyclic) bond motifs is 1. The Bertz CT molecular complexity index is 1550. The van der Waals surface area contributed by atoms with E-state index >= 15 is 0 Å². The summed E-state index contributed by atoms with van der Waals surface area (Å²) in [4.78, 5) is 39.3. The Morgan fingerprint density at radius 1 is 0.932 bits per heavy atom. The van der Waals surface area contributed by atoms with Crippen LogP contribution in [0.4, 0.5) is 27.8 Å². The highest BCUT2D eigenvalue weighted by Gasteiger charge is 2.35. The molecule has 2 amide bonds. The lowest BCUT2D eigenvalue weighted by Gasteiger charge is -2.26. The molecule has 2 heterocycles. The molecule has 4 aromatic rings. The van der Waals surface area contributed by atoms with Crippen LogP contribution in [0.25, 0.3) is 0 Å².